The van der Waals surface area contributed by atoms with Crippen molar-refractivity contribution in [2.75, 3.05) is 24.6 Å². The molecule has 2 heterocycles. The van der Waals surface area contributed by atoms with E-state index < -0.39 is 0 Å². The summed E-state index contributed by atoms with van der Waals surface area (Å²) in [5.41, 5.74) is 3.88. The highest BCUT2D eigenvalue weighted by Gasteiger charge is 2.29. The zero-order valence-corrected chi connectivity index (χ0v) is 21.6. The van der Waals surface area contributed by atoms with Crippen LogP contribution in [0.2, 0.25) is 0 Å². The molecule has 0 aliphatic carbocycles. The lowest BCUT2D eigenvalue weighted by molar-refractivity contribution is -0.151. The van der Waals surface area contributed by atoms with Gasteiger partial charge in [-0.1, -0.05) is 42.5 Å². The van der Waals surface area contributed by atoms with Crippen molar-refractivity contribution in [3.63, 3.8) is 0 Å². The first kappa shape index (κ1) is 25.6. The van der Waals surface area contributed by atoms with E-state index in [0.29, 0.717) is 31.1 Å². The summed E-state index contributed by atoms with van der Waals surface area (Å²) in [6.07, 6.45) is 1.81. The highest BCUT2D eigenvalue weighted by atomic mass is 32.1. The minimum absolute atomic E-state index is 0.00294. The molecule has 7 heteroatoms. The van der Waals surface area contributed by atoms with E-state index in [1.54, 1.807) is 16.7 Å². The van der Waals surface area contributed by atoms with Gasteiger partial charge in [0.25, 0.3) is 5.91 Å². The Labute approximate surface area is 216 Å². The third kappa shape index (κ3) is 6.21. The van der Waals surface area contributed by atoms with Gasteiger partial charge in [0.15, 0.2) is 0 Å². The van der Waals surface area contributed by atoms with Crippen LogP contribution in [-0.4, -0.2) is 42.4 Å². The van der Waals surface area contributed by atoms with Gasteiger partial charge in [0.1, 0.15) is 0 Å². The van der Waals surface area contributed by atoms with Crippen molar-refractivity contribution in [2.24, 2.45) is 5.92 Å². The van der Waals surface area contributed by atoms with E-state index in [9.17, 15) is 14.4 Å². The van der Waals surface area contributed by atoms with Gasteiger partial charge >= 0.3 is 5.97 Å². The molecule has 0 bridgehead atoms. The molecule has 0 saturated carbocycles. The van der Waals surface area contributed by atoms with E-state index in [1.807, 2.05) is 73.0 Å². The van der Waals surface area contributed by atoms with E-state index in [1.165, 1.54) is 11.3 Å². The Hall–Kier alpha value is -3.45. The number of ether oxygens (including phenoxy) is 1. The summed E-state index contributed by atoms with van der Waals surface area (Å²) in [5, 5.41) is 1.90. The average Bonchev–Trinajstić information content (AvgIpc) is 3.44. The first-order valence-corrected chi connectivity index (χ1v) is 13.3. The fraction of sp³-hybridized carbons (Fsp3) is 0.345. The van der Waals surface area contributed by atoms with Crippen LogP contribution >= 0.6 is 11.3 Å². The van der Waals surface area contributed by atoms with E-state index in [2.05, 4.69) is 0 Å². The Morgan fingerprint density at radius 3 is 2.53 bits per heavy atom. The van der Waals surface area contributed by atoms with Crippen LogP contribution in [0.3, 0.4) is 0 Å². The predicted molar refractivity (Wildman–Crippen MR) is 142 cm³/mol. The second-order valence-corrected chi connectivity index (χ2v) is 10.0. The van der Waals surface area contributed by atoms with Crippen LogP contribution < -0.4 is 4.90 Å². The molecule has 1 unspecified atom stereocenters. The summed E-state index contributed by atoms with van der Waals surface area (Å²) < 4.78 is 5.15. The van der Waals surface area contributed by atoms with E-state index in [0.717, 1.165) is 35.2 Å². The molecule has 0 N–H and O–H groups in total. The number of nitrogens with zero attached hydrogens (tertiary/aromatic N) is 2. The number of carbonyl (C=O) groups excluding carboxylic acids is 3. The maximum Gasteiger partial charge on any atom is 0.310 e. The summed E-state index contributed by atoms with van der Waals surface area (Å²) in [7, 11) is 0. The number of amides is 2. The van der Waals surface area contributed by atoms with Gasteiger partial charge in [0.2, 0.25) is 5.91 Å². The third-order valence-corrected chi connectivity index (χ3v) is 7.42. The lowest BCUT2D eigenvalue weighted by Gasteiger charge is -2.31. The number of rotatable bonds is 8. The van der Waals surface area contributed by atoms with E-state index >= 15 is 0 Å². The monoisotopic (exact) mass is 504 g/mol. The molecule has 1 aliphatic rings. The molecule has 3 aromatic rings. The van der Waals surface area contributed by atoms with Gasteiger partial charge in [-0.25, -0.2) is 0 Å². The average molecular weight is 505 g/mol. The number of esters is 1. The molecule has 1 fully saturated rings. The number of carbonyl (C=O) groups is 3. The number of hydrogen-bond donors (Lipinski definition) is 0. The topological polar surface area (TPSA) is 66.9 Å². The molecule has 2 aromatic carbocycles. The Balaban J connectivity index is 1.47. The smallest absolute Gasteiger partial charge is 0.310 e. The molecule has 1 aromatic heterocycles. The molecule has 6 nitrogen and oxygen atoms in total. The second kappa shape index (κ2) is 12.0. The van der Waals surface area contributed by atoms with Gasteiger partial charge in [0.05, 0.1) is 30.4 Å². The van der Waals surface area contributed by atoms with Gasteiger partial charge in [-0.15, -0.1) is 11.3 Å². The van der Waals surface area contributed by atoms with Gasteiger partial charge in [0, 0.05) is 18.8 Å². The second-order valence-electron chi connectivity index (χ2n) is 9.07. The molecular weight excluding hydrogens is 472 g/mol. The van der Waals surface area contributed by atoms with Crippen LogP contribution in [0.15, 0.2) is 66.0 Å². The summed E-state index contributed by atoms with van der Waals surface area (Å²) >= 11 is 1.43. The zero-order valence-electron chi connectivity index (χ0n) is 20.8. The summed E-state index contributed by atoms with van der Waals surface area (Å²) in [6.45, 7) is 5.73. The van der Waals surface area contributed by atoms with E-state index in [-0.39, 0.29) is 30.1 Å². The van der Waals surface area contributed by atoms with Crippen molar-refractivity contribution in [2.45, 2.75) is 39.7 Å². The number of anilines is 1. The van der Waals surface area contributed by atoms with Crippen LogP contribution in [0, 0.1) is 12.8 Å². The van der Waals surface area contributed by atoms with Crippen molar-refractivity contribution in [3.05, 3.63) is 87.6 Å². The van der Waals surface area contributed by atoms with Crippen LogP contribution in [-0.2, 0) is 27.3 Å². The number of aryl methyl sites for hydroxylation is 1. The number of benzene rings is 2. The third-order valence-electron chi connectivity index (χ3n) is 6.56. The maximum atomic E-state index is 13.4. The predicted octanol–water partition coefficient (Wildman–Crippen LogP) is 5.25. The lowest BCUT2D eigenvalue weighted by Crippen LogP contribution is -2.43. The minimum atomic E-state index is -0.247. The van der Waals surface area contributed by atoms with Gasteiger partial charge in [-0.2, -0.15) is 0 Å². The van der Waals surface area contributed by atoms with Crippen LogP contribution in [0.25, 0.3) is 0 Å². The maximum absolute atomic E-state index is 13.4. The van der Waals surface area contributed by atoms with Crippen molar-refractivity contribution < 1.29 is 19.1 Å². The molecule has 1 atom stereocenters. The molecule has 36 heavy (non-hydrogen) atoms. The Bertz CT molecular complexity index is 1190. The van der Waals surface area contributed by atoms with Crippen molar-refractivity contribution >= 4 is 34.8 Å². The van der Waals surface area contributed by atoms with Crippen molar-refractivity contribution in [1.29, 1.82) is 0 Å². The van der Waals surface area contributed by atoms with Crippen molar-refractivity contribution in [3.8, 4) is 0 Å². The Kier molecular flexibility index (Phi) is 8.54. The number of likely N-dealkylation sites (tertiary alicyclic amines) is 1. The largest absolute Gasteiger partial charge is 0.466 e. The molecule has 1 aliphatic heterocycles. The van der Waals surface area contributed by atoms with Gasteiger partial charge in [-0.3, -0.25) is 14.4 Å². The minimum Gasteiger partial charge on any atom is -0.466 e. The Morgan fingerprint density at radius 1 is 1.06 bits per heavy atom. The van der Waals surface area contributed by atoms with Gasteiger partial charge in [-0.05, 0) is 67.0 Å². The molecule has 4 rings (SSSR count). The van der Waals surface area contributed by atoms with Gasteiger partial charge < -0.3 is 14.5 Å². The quantitative estimate of drug-likeness (QED) is 0.393. The molecule has 0 spiro atoms. The summed E-state index contributed by atoms with van der Waals surface area (Å²) in [4.78, 5) is 42.7. The fourth-order valence-electron chi connectivity index (χ4n) is 4.51. The fourth-order valence-corrected chi connectivity index (χ4v) is 5.18. The Morgan fingerprint density at radius 2 is 1.83 bits per heavy atom. The first-order valence-electron chi connectivity index (χ1n) is 12.4. The molecule has 0 radical (unpaired) electrons. The zero-order chi connectivity index (χ0) is 25.5. The normalized spacial score (nSPS) is 15.4. The molecule has 1 saturated heterocycles. The number of hydrogen-bond acceptors (Lipinski definition) is 5. The highest BCUT2D eigenvalue weighted by Crippen LogP contribution is 2.25. The summed E-state index contributed by atoms with van der Waals surface area (Å²) in [5.74, 6) is -0.509. The summed E-state index contributed by atoms with van der Waals surface area (Å²) in [6, 6.07) is 19.4. The molecule has 2 amide bonds. The van der Waals surface area contributed by atoms with Crippen LogP contribution in [0.5, 0.6) is 0 Å². The standard InChI is InChI=1S/C29H32N2O4S/c1-3-35-29(34)24-10-6-16-30(19-24)27(32)18-22-12-14-25(15-13-22)31(28(33)26-11-7-17-36-26)20-23-9-5-4-8-21(23)2/h4-5,7-9,11-15,17,24H,3,6,10,16,18-20H2,1-2H3. The first-order chi connectivity index (χ1) is 17.5. The van der Waals surface area contributed by atoms with E-state index in [4.69, 9.17) is 4.74 Å². The SMILES string of the molecule is CCOC(=O)C1CCCN(C(=O)Cc2ccc(N(Cc3ccccc3C)C(=O)c3cccs3)cc2)C1. The molecule has 188 valence electrons. The highest BCUT2D eigenvalue weighted by molar-refractivity contribution is 7.12. The number of piperidine rings is 1. The van der Waals surface area contributed by atoms with Crippen LogP contribution in [0.4, 0.5) is 5.69 Å². The van der Waals surface area contributed by atoms with Crippen molar-refractivity contribution in [1.82, 2.24) is 4.90 Å². The van der Waals surface area contributed by atoms with Crippen LogP contribution in [0.1, 0.15) is 46.1 Å². The molecular formula is C29H32N2O4S. The number of thiophene rings is 1. The lowest BCUT2D eigenvalue weighted by atomic mass is 9.97.